The molecular weight excluding hydrogens is 240 g/mol. The molecule has 3 nitrogen and oxygen atoms in total. The molecule has 5 heteroatoms. The Hall–Kier alpha value is -1.20. The Morgan fingerprint density at radius 1 is 1.17 bits per heavy atom. The smallest absolute Gasteiger partial charge is 0.162 e. The summed E-state index contributed by atoms with van der Waals surface area (Å²) in [5, 5.41) is 9.51. The monoisotopic (exact) mass is 257 g/mol. The summed E-state index contributed by atoms with van der Waals surface area (Å²) in [7, 11) is 0. The summed E-state index contributed by atoms with van der Waals surface area (Å²) in [5.74, 6) is -2.09. The fourth-order valence-corrected chi connectivity index (χ4v) is 2.10. The number of halogens is 2. The minimum absolute atomic E-state index is 0.170. The van der Waals surface area contributed by atoms with Crippen LogP contribution in [0.25, 0.3) is 0 Å². The van der Waals surface area contributed by atoms with Crippen molar-refractivity contribution in [2.75, 3.05) is 32.8 Å². The number of ether oxygens (including phenoxy) is 1. The number of aromatic hydroxyl groups is 1. The van der Waals surface area contributed by atoms with Crippen LogP contribution in [-0.2, 0) is 11.2 Å². The van der Waals surface area contributed by atoms with Gasteiger partial charge < -0.3 is 9.84 Å². The van der Waals surface area contributed by atoms with E-state index in [9.17, 15) is 13.9 Å². The minimum atomic E-state index is -1.01. The van der Waals surface area contributed by atoms with E-state index < -0.39 is 11.6 Å². The molecule has 100 valence electrons. The van der Waals surface area contributed by atoms with Crippen molar-refractivity contribution in [3.05, 3.63) is 29.3 Å². The van der Waals surface area contributed by atoms with Gasteiger partial charge in [-0.1, -0.05) is 0 Å². The summed E-state index contributed by atoms with van der Waals surface area (Å²) in [6, 6.07) is 1.91. The van der Waals surface area contributed by atoms with Crippen LogP contribution in [-0.4, -0.2) is 42.9 Å². The molecule has 0 amide bonds. The molecule has 1 aromatic rings. The maximum Gasteiger partial charge on any atom is 0.162 e. The van der Waals surface area contributed by atoms with Crippen LogP contribution in [0, 0.1) is 11.6 Å². The third-order valence-corrected chi connectivity index (χ3v) is 3.15. The molecule has 0 spiro atoms. The summed E-state index contributed by atoms with van der Waals surface area (Å²) in [5.41, 5.74) is 0.460. The fraction of sp³-hybridized carbons (Fsp3) is 0.538. The van der Waals surface area contributed by atoms with Crippen LogP contribution >= 0.6 is 0 Å². The first-order valence-electron chi connectivity index (χ1n) is 6.14. The van der Waals surface area contributed by atoms with Crippen LogP contribution in [0.5, 0.6) is 5.75 Å². The second kappa shape index (κ2) is 6.11. The number of phenols is 1. The van der Waals surface area contributed by atoms with Crippen molar-refractivity contribution in [3.63, 3.8) is 0 Å². The van der Waals surface area contributed by atoms with Gasteiger partial charge in [-0.05, 0) is 31.0 Å². The topological polar surface area (TPSA) is 32.7 Å². The third-order valence-electron chi connectivity index (χ3n) is 3.15. The van der Waals surface area contributed by atoms with Gasteiger partial charge in [0.1, 0.15) is 5.75 Å². The van der Waals surface area contributed by atoms with Gasteiger partial charge in [-0.25, -0.2) is 8.78 Å². The zero-order valence-corrected chi connectivity index (χ0v) is 10.2. The summed E-state index contributed by atoms with van der Waals surface area (Å²) >= 11 is 0. The van der Waals surface area contributed by atoms with Crippen LogP contribution in [0.1, 0.15) is 12.0 Å². The predicted molar refractivity (Wildman–Crippen MR) is 63.6 cm³/mol. The predicted octanol–water partition coefficient (Wildman–Crippen LogP) is 1.94. The number of rotatable bonds is 4. The van der Waals surface area contributed by atoms with E-state index in [4.69, 9.17) is 4.74 Å². The van der Waals surface area contributed by atoms with E-state index in [0.29, 0.717) is 12.0 Å². The van der Waals surface area contributed by atoms with Gasteiger partial charge in [-0.2, -0.15) is 0 Å². The van der Waals surface area contributed by atoms with Gasteiger partial charge in [0.25, 0.3) is 0 Å². The Morgan fingerprint density at radius 2 is 1.83 bits per heavy atom. The molecule has 0 bridgehead atoms. The summed E-state index contributed by atoms with van der Waals surface area (Å²) < 4.78 is 31.1. The van der Waals surface area contributed by atoms with E-state index in [1.54, 1.807) is 0 Å². The second-order valence-corrected chi connectivity index (χ2v) is 4.45. The van der Waals surface area contributed by atoms with Gasteiger partial charge in [0.15, 0.2) is 11.6 Å². The highest BCUT2D eigenvalue weighted by molar-refractivity contribution is 5.33. The molecule has 0 aliphatic carbocycles. The number of benzene rings is 1. The number of hydrogen-bond acceptors (Lipinski definition) is 3. The Bertz CT molecular complexity index is 406. The maximum absolute atomic E-state index is 13.0. The molecule has 1 aliphatic rings. The average Bonchev–Trinajstić information content (AvgIpc) is 2.37. The van der Waals surface area contributed by atoms with Crippen molar-refractivity contribution in [2.45, 2.75) is 12.8 Å². The summed E-state index contributed by atoms with van der Waals surface area (Å²) in [6.45, 7) is 4.18. The number of hydrogen-bond donors (Lipinski definition) is 1. The van der Waals surface area contributed by atoms with Crippen molar-refractivity contribution in [1.29, 1.82) is 0 Å². The lowest BCUT2D eigenvalue weighted by atomic mass is 10.1. The van der Waals surface area contributed by atoms with E-state index in [-0.39, 0.29) is 5.75 Å². The molecule has 1 fully saturated rings. The van der Waals surface area contributed by atoms with Crippen molar-refractivity contribution < 1.29 is 18.6 Å². The zero-order chi connectivity index (χ0) is 13.0. The first kappa shape index (κ1) is 13.2. The molecule has 0 aromatic heterocycles. The normalized spacial score (nSPS) is 17.0. The lowest BCUT2D eigenvalue weighted by Crippen LogP contribution is -2.36. The molecule has 1 heterocycles. The Morgan fingerprint density at radius 3 is 2.56 bits per heavy atom. The lowest BCUT2D eigenvalue weighted by Gasteiger charge is -2.26. The first-order valence-corrected chi connectivity index (χ1v) is 6.14. The number of nitrogens with zero attached hydrogens (tertiary/aromatic N) is 1. The van der Waals surface area contributed by atoms with E-state index in [1.165, 1.54) is 0 Å². The SMILES string of the molecule is Oc1cc(F)c(F)cc1CCCN1CCOCC1. The second-order valence-electron chi connectivity index (χ2n) is 4.45. The van der Waals surface area contributed by atoms with Gasteiger partial charge in [0, 0.05) is 19.2 Å². The molecule has 0 radical (unpaired) electrons. The maximum atomic E-state index is 13.0. The number of phenolic OH excluding ortho intramolecular Hbond substituents is 1. The van der Waals surface area contributed by atoms with Crippen LogP contribution in [0.3, 0.4) is 0 Å². The highest BCUT2D eigenvalue weighted by Crippen LogP contribution is 2.22. The molecule has 1 aliphatic heterocycles. The number of morpholine rings is 1. The molecule has 2 rings (SSSR count). The largest absolute Gasteiger partial charge is 0.508 e. The molecule has 1 saturated heterocycles. The molecule has 0 unspecified atom stereocenters. The van der Waals surface area contributed by atoms with Gasteiger partial charge in [0.2, 0.25) is 0 Å². The molecule has 0 atom stereocenters. The van der Waals surface area contributed by atoms with Crippen molar-refractivity contribution >= 4 is 0 Å². The van der Waals surface area contributed by atoms with E-state index in [2.05, 4.69) is 4.90 Å². The molecule has 1 aromatic carbocycles. The minimum Gasteiger partial charge on any atom is -0.508 e. The van der Waals surface area contributed by atoms with Gasteiger partial charge >= 0.3 is 0 Å². The Labute approximate surface area is 105 Å². The summed E-state index contributed by atoms with van der Waals surface area (Å²) in [4.78, 5) is 2.26. The van der Waals surface area contributed by atoms with Crippen LogP contribution in [0.2, 0.25) is 0 Å². The van der Waals surface area contributed by atoms with Crippen molar-refractivity contribution in [1.82, 2.24) is 4.90 Å². The van der Waals surface area contributed by atoms with E-state index in [0.717, 1.165) is 51.4 Å². The highest BCUT2D eigenvalue weighted by Gasteiger charge is 2.12. The van der Waals surface area contributed by atoms with Crippen LogP contribution < -0.4 is 0 Å². The molecule has 0 saturated carbocycles. The fourth-order valence-electron chi connectivity index (χ4n) is 2.10. The summed E-state index contributed by atoms with van der Waals surface area (Å²) in [6.07, 6.45) is 1.35. The van der Waals surface area contributed by atoms with Gasteiger partial charge in [-0.3, -0.25) is 4.90 Å². The molecular formula is C13H17F2NO2. The molecule has 1 N–H and O–H groups in total. The quantitative estimate of drug-likeness (QED) is 0.894. The van der Waals surface area contributed by atoms with E-state index >= 15 is 0 Å². The van der Waals surface area contributed by atoms with Crippen molar-refractivity contribution in [3.8, 4) is 5.75 Å². The standard InChI is InChI=1S/C13H17F2NO2/c14-11-8-10(13(17)9-12(11)15)2-1-3-16-4-6-18-7-5-16/h8-9,17H,1-7H2. The average molecular weight is 257 g/mol. The Kier molecular flexibility index (Phi) is 4.49. The van der Waals surface area contributed by atoms with Crippen molar-refractivity contribution in [2.24, 2.45) is 0 Å². The van der Waals surface area contributed by atoms with Crippen LogP contribution in [0.4, 0.5) is 8.78 Å². The highest BCUT2D eigenvalue weighted by atomic mass is 19.2. The zero-order valence-electron chi connectivity index (χ0n) is 10.2. The number of aryl methyl sites for hydroxylation is 1. The molecule has 18 heavy (non-hydrogen) atoms. The van der Waals surface area contributed by atoms with Gasteiger partial charge in [0.05, 0.1) is 13.2 Å². The Balaban J connectivity index is 1.84. The first-order chi connectivity index (χ1) is 8.66. The van der Waals surface area contributed by atoms with E-state index in [1.807, 2.05) is 0 Å². The van der Waals surface area contributed by atoms with Gasteiger partial charge in [-0.15, -0.1) is 0 Å². The lowest BCUT2D eigenvalue weighted by molar-refractivity contribution is 0.0374. The third kappa shape index (κ3) is 3.40. The van der Waals surface area contributed by atoms with Crippen LogP contribution in [0.15, 0.2) is 12.1 Å².